The van der Waals surface area contributed by atoms with Crippen LogP contribution in [-0.2, 0) is 0 Å². The van der Waals surface area contributed by atoms with Crippen LogP contribution in [0.25, 0.3) is 0 Å². The van der Waals surface area contributed by atoms with Crippen LogP contribution in [0.3, 0.4) is 0 Å². The van der Waals surface area contributed by atoms with Crippen molar-refractivity contribution in [2.75, 3.05) is 25.0 Å². The quantitative estimate of drug-likeness (QED) is 0.889. The Hall–Kier alpha value is -1.51. The van der Waals surface area contributed by atoms with Gasteiger partial charge in [-0.2, -0.15) is 0 Å². The van der Waals surface area contributed by atoms with Gasteiger partial charge in [0.1, 0.15) is 0 Å². The van der Waals surface area contributed by atoms with E-state index in [9.17, 15) is 4.79 Å². The monoisotopic (exact) mass is 246 g/mol. The van der Waals surface area contributed by atoms with Crippen LogP contribution in [0.5, 0.6) is 0 Å². The predicted octanol–water partition coefficient (Wildman–Crippen LogP) is 2.91. The SMILES string of the molecule is CCNc1ccc(C)cc1C(=O)N1CCC(C)C1. The lowest BCUT2D eigenvalue weighted by molar-refractivity contribution is 0.0789. The van der Waals surface area contributed by atoms with Crippen LogP contribution < -0.4 is 5.32 Å². The topological polar surface area (TPSA) is 32.3 Å². The van der Waals surface area contributed by atoms with Gasteiger partial charge in [-0.25, -0.2) is 0 Å². The van der Waals surface area contributed by atoms with Gasteiger partial charge in [-0.1, -0.05) is 18.6 Å². The lowest BCUT2D eigenvalue weighted by atomic mass is 10.1. The van der Waals surface area contributed by atoms with Gasteiger partial charge in [0.05, 0.1) is 5.56 Å². The average Bonchev–Trinajstić information content (AvgIpc) is 2.77. The van der Waals surface area contributed by atoms with Gasteiger partial charge >= 0.3 is 0 Å². The third kappa shape index (κ3) is 2.66. The van der Waals surface area contributed by atoms with Crippen LogP contribution in [0, 0.1) is 12.8 Å². The third-order valence-electron chi connectivity index (χ3n) is 3.48. The van der Waals surface area contributed by atoms with Gasteiger partial charge in [-0.05, 0) is 38.3 Å². The van der Waals surface area contributed by atoms with Crippen LogP contribution in [0.15, 0.2) is 18.2 Å². The third-order valence-corrected chi connectivity index (χ3v) is 3.48. The van der Waals surface area contributed by atoms with Crippen molar-refractivity contribution in [1.29, 1.82) is 0 Å². The van der Waals surface area contributed by atoms with E-state index in [2.05, 4.69) is 12.2 Å². The van der Waals surface area contributed by atoms with E-state index >= 15 is 0 Å². The summed E-state index contributed by atoms with van der Waals surface area (Å²) in [4.78, 5) is 14.5. The zero-order valence-electron chi connectivity index (χ0n) is 11.5. The van der Waals surface area contributed by atoms with Crippen molar-refractivity contribution in [2.24, 2.45) is 5.92 Å². The Kier molecular flexibility index (Phi) is 3.90. The van der Waals surface area contributed by atoms with Crippen molar-refractivity contribution >= 4 is 11.6 Å². The highest BCUT2D eigenvalue weighted by molar-refractivity contribution is 6.00. The summed E-state index contributed by atoms with van der Waals surface area (Å²) in [5.74, 6) is 0.792. The summed E-state index contributed by atoms with van der Waals surface area (Å²) in [6.45, 7) is 8.89. The fourth-order valence-electron chi connectivity index (χ4n) is 2.47. The largest absolute Gasteiger partial charge is 0.385 e. The molecule has 0 aliphatic carbocycles. The van der Waals surface area contributed by atoms with E-state index in [4.69, 9.17) is 0 Å². The van der Waals surface area contributed by atoms with Crippen LogP contribution in [0.2, 0.25) is 0 Å². The Morgan fingerprint density at radius 2 is 2.28 bits per heavy atom. The first-order valence-corrected chi connectivity index (χ1v) is 6.75. The average molecular weight is 246 g/mol. The lowest BCUT2D eigenvalue weighted by Crippen LogP contribution is -2.29. The van der Waals surface area contributed by atoms with Crippen molar-refractivity contribution < 1.29 is 4.79 Å². The molecular formula is C15H22N2O. The van der Waals surface area contributed by atoms with Gasteiger partial charge < -0.3 is 10.2 Å². The van der Waals surface area contributed by atoms with E-state index in [0.717, 1.165) is 42.9 Å². The van der Waals surface area contributed by atoms with E-state index in [-0.39, 0.29) is 5.91 Å². The van der Waals surface area contributed by atoms with E-state index in [1.54, 1.807) is 0 Å². The molecular weight excluding hydrogens is 224 g/mol. The fraction of sp³-hybridized carbons (Fsp3) is 0.533. The van der Waals surface area contributed by atoms with Crippen molar-refractivity contribution in [3.8, 4) is 0 Å². The van der Waals surface area contributed by atoms with Crippen LogP contribution in [0.1, 0.15) is 36.2 Å². The number of hydrogen-bond donors (Lipinski definition) is 1. The Morgan fingerprint density at radius 1 is 1.50 bits per heavy atom. The molecule has 1 fully saturated rings. The minimum absolute atomic E-state index is 0.166. The number of anilines is 1. The predicted molar refractivity (Wildman–Crippen MR) is 75.0 cm³/mol. The molecule has 1 aromatic carbocycles. The maximum absolute atomic E-state index is 12.5. The first kappa shape index (κ1) is 12.9. The summed E-state index contributed by atoms with van der Waals surface area (Å²) in [6.07, 6.45) is 1.12. The number of carbonyl (C=O) groups is 1. The second kappa shape index (κ2) is 5.42. The first-order chi connectivity index (χ1) is 8.61. The molecule has 1 saturated heterocycles. The number of amides is 1. The molecule has 0 radical (unpaired) electrons. The second-order valence-electron chi connectivity index (χ2n) is 5.22. The Balaban J connectivity index is 2.25. The molecule has 1 atom stereocenters. The Morgan fingerprint density at radius 3 is 2.89 bits per heavy atom. The molecule has 0 saturated carbocycles. The zero-order valence-corrected chi connectivity index (χ0v) is 11.5. The minimum Gasteiger partial charge on any atom is -0.385 e. The molecule has 3 heteroatoms. The normalized spacial score (nSPS) is 19.1. The summed E-state index contributed by atoms with van der Waals surface area (Å²) >= 11 is 0. The molecule has 1 aliphatic rings. The van der Waals surface area contributed by atoms with Gasteiger partial charge in [-0.3, -0.25) is 4.79 Å². The number of aryl methyl sites for hydroxylation is 1. The van der Waals surface area contributed by atoms with E-state index in [1.807, 2.05) is 36.9 Å². The van der Waals surface area contributed by atoms with Gasteiger partial charge in [0, 0.05) is 25.3 Å². The molecule has 18 heavy (non-hydrogen) atoms. The zero-order chi connectivity index (χ0) is 13.1. The minimum atomic E-state index is 0.166. The smallest absolute Gasteiger partial charge is 0.255 e. The van der Waals surface area contributed by atoms with E-state index < -0.39 is 0 Å². The summed E-state index contributed by atoms with van der Waals surface area (Å²) in [7, 11) is 0. The van der Waals surface area contributed by atoms with Gasteiger partial charge in [0.15, 0.2) is 0 Å². The van der Waals surface area contributed by atoms with Crippen molar-refractivity contribution in [3.05, 3.63) is 29.3 Å². The summed E-state index contributed by atoms with van der Waals surface area (Å²) in [5.41, 5.74) is 2.89. The van der Waals surface area contributed by atoms with Gasteiger partial charge in [-0.15, -0.1) is 0 Å². The summed E-state index contributed by atoms with van der Waals surface area (Å²) in [6, 6.07) is 6.04. The molecule has 0 aromatic heterocycles. The number of rotatable bonds is 3. The number of benzene rings is 1. The maximum Gasteiger partial charge on any atom is 0.255 e. The van der Waals surface area contributed by atoms with Gasteiger partial charge in [0.2, 0.25) is 0 Å². The van der Waals surface area contributed by atoms with Crippen LogP contribution in [0.4, 0.5) is 5.69 Å². The van der Waals surface area contributed by atoms with Crippen LogP contribution in [-0.4, -0.2) is 30.4 Å². The molecule has 1 unspecified atom stereocenters. The highest BCUT2D eigenvalue weighted by Gasteiger charge is 2.25. The highest BCUT2D eigenvalue weighted by atomic mass is 16.2. The highest BCUT2D eigenvalue weighted by Crippen LogP contribution is 2.23. The van der Waals surface area contributed by atoms with E-state index in [1.165, 1.54) is 0 Å². The molecule has 98 valence electrons. The van der Waals surface area contributed by atoms with Crippen molar-refractivity contribution in [3.63, 3.8) is 0 Å². The van der Waals surface area contributed by atoms with Crippen molar-refractivity contribution in [1.82, 2.24) is 4.90 Å². The number of nitrogens with one attached hydrogen (secondary N) is 1. The molecule has 0 spiro atoms. The molecule has 1 aliphatic heterocycles. The number of hydrogen-bond acceptors (Lipinski definition) is 2. The van der Waals surface area contributed by atoms with Crippen LogP contribution >= 0.6 is 0 Å². The number of carbonyl (C=O) groups excluding carboxylic acids is 1. The standard InChI is InChI=1S/C15H22N2O/c1-4-16-14-6-5-11(2)9-13(14)15(18)17-8-7-12(3)10-17/h5-6,9,12,16H,4,7-8,10H2,1-3H3. The maximum atomic E-state index is 12.5. The Bertz CT molecular complexity index is 442. The molecule has 1 aromatic rings. The molecule has 1 N–H and O–H groups in total. The molecule has 2 rings (SSSR count). The number of nitrogens with zero attached hydrogens (tertiary/aromatic N) is 1. The number of likely N-dealkylation sites (tertiary alicyclic amines) is 1. The molecule has 1 amide bonds. The molecule has 3 nitrogen and oxygen atoms in total. The molecule has 0 bridgehead atoms. The molecule has 1 heterocycles. The van der Waals surface area contributed by atoms with Gasteiger partial charge in [0.25, 0.3) is 5.91 Å². The lowest BCUT2D eigenvalue weighted by Gasteiger charge is -2.19. The van der Waals surface area contributed by atoms with Crippen molar-refractivity contribution in [2.45, 2.75) is 27.2 Å². The summed E-state index contributed by atoms with van der Waals surface area (Å²) < 4.78 is 0. The summed E-state index contributed by atoms with van der Waals surface area (Å²) in [5, 5.41) is 3.27. The fourth-order valence-corrected chi connectivity index (χ4v) is 2.47. The first-order valence-electron chi connectivity index (χ1n) is 6.75. The Labute approximate surface area is 109 Å². The second-order valence-corrected chi connectivity index (χ2v) is 5.22. The van der Waals surface area contributed by atoms with E-state index in [0.29, 0.717) is 5.92 Å².